The van der Waals surface area contributed by atoms with E-state index in [1.165, 1.54) is 91.6 Å². The van der Waals surface area contributed by atoms with Gasteiger partial charge in [-0.15, -0.1) is 0 Å². The Bertz CT molecular complexity index is 587. The van der Waals surface area contributed by atoms with Gasteiger partial charge >= 0.3 is 5.97 Å². The van der Waals surface area contributed by atoms with Gasteiger partial charge in [0.15, 0.2) is 11.5 Å². The first-order valence-corrected chi connectivity index (χ1v) is 11.3. The van der Waals surface area contributed by atoms with Gasteiger partial charge in [0.2, 0.25) is 0 Å². The molecule has 0 aliphatic carbocycles. The lowest BCUT2D eigenvalue weighted by molar-refractivity contribution is -0.241. The van der Waals surface area contributed by atoms with Crippen LogP contribution >= 0.6 is 0 Å². The minimum Gasteiger partial charge on any atom is -0.496 e. The Morgan fingerprint density at radius 1 is 0.667 bits per heavy atom. The third kappa shape index (κ3) is 10.2. The van der Waals surface area contributed by atoms with E-state index >= 15 is 0 Å². The van der Waals surface area contributed by atoms with E-state index in [9.17, 15) is 4.79 Å². The zero-order chi connectivity index (χ0) is 22.0. The van der Waals surface area contributed by atoms with Crippen molar-refractivity contribution in [2.45, 2.75) is 84.0 Å². The molecule has 0 N–H and O–H groups in total. The number of unbranched alkanes of at least 4 members (excludes halogenated alkanes) is 11. The summed E-state index contributed by atoms with van der Waals surface area (Å²) in [4.78, 5) is 22.3. The van der Waals surface area contributed by atoms with E-state index < -0.39 is 5.97 Å². The van der Waals surface area contributed by atoms with Crippen molar-refractivity contribution in [3.63, 3.8) is 0 Å². The van der Waals surface area contributed by atoms with E-state index in [0.29, 0.717) is 23.9 Å². The third-order valence-electron chi connectivity index (χ3n) is 5.14. The van der Waals surface area contributed by atoms with Crippen molar-refractivity contribution in [3.05, 3.63) is 17.7 Å². The molecule has 6 nitrogen and oxygen atoms in total. The van der Waals surface area contributed by atoms with Crippen molar-refractivity contribution in [1.29, 1.82) is 0 Å². The number of carbonyl (C=O) groups is 1. The molecule has 1 aromatic carbocycles. The van der Waals surface area contributed by atoms with Crippen LogP contribution in [0.5, 0.6) is 17.2 Å². The highest BCUT2D eigenvalue weighted by atomic mass is 17.2. The van der Waals surface area contributed by atoms with Gasteiger partial charge in [0, 0.05) is 12.1 Å². The van der Waals surface area contributed by atoms with Crippen LogP contribution in [0.1, 0.15) is 94.3 Å². The maximum atomic E-state index is 12.3. The SMILES string of the molecule is CCCCCCCCCCCCCCOOC(=O)c1cc(OC)c(OC)cc1OC. The van der Waals surface area contributed by atoms with Crippen LogP contribution < -0.4 is 14.2 Å². The zero-order valence-corrected chi connectivity index (χ0v) is 19.3. The van der Waals surface area contributed by atoms with Crippen molar-refractivity contribution in [1.82, 2.24) is 0 Å². The summed E-state index contributed by atoms with van der Waals surface area (Å²) in [5.74, 6) is 0.618. The van der Waals surface area contributed by atoms with E-state index in [2.05, 4.69) is 6.92 Å². The summed E-state index contributed by atoms with van der Waals surface area (Å²) < 4.78 is 15.7. The Morgan fingerprint density at radius 3 is 1.63 bits per heavy atom. The minimum atomic E-state index is -0.619. The summed E-state index contributed by atoms with van der Waals surface area (Å²) in [5, 5.41) is 0. The Kier molecular flexibility index (Phi) is 14.6. The van der Waals surface area contributed by atoms with Crippen LogP contribution in [0.2, 0.25) is 0 Å². The Hall–Kier alpha value is -1.95. The van der Waals surface area contributed by atoms with Crippen LogP contribution in [0.25, 0.3) is 0 Å². The zero-order valence-electron chi connectivity index (χ0n) is 19.3. The highest BCUT2D eigenvalue weighted by Crippen LogP contribution is 2.34. The standard InChI is InChI=1S/C24H40O6/c1-5-6-7-8-9-10-11-12-13-14-15-16-17-29-30-24(25)20-18-22(27-3)23(28-4)19-21(20)26-2/h18-19H,5-17H2,1-4H3. The average molecular weight is 425 g/mol. The number of hydrogen-bond acceptors (Lipinski definition) is 6. The molecule has 0 saturated heterocycles. The van der Waals surface area contributed by atoms with Crippen molar-refractivity contribution in [2.75, 3.05) is 27.9 Å². The van der Waals surface area contributed by atoms with E-state index in [1.807, 2.05) is 0 Å². The van der Waals surface area contributed by atoms with Gasteiger partial charge in [-0.3, -0.25) is 4.89 Å². The van der Waals surface area contributed by atoms with Crippen LogP contribution in [0, 0.1) is 0 Å². The van der Waals surface area contributed by atoms with Crippen molar-refractivity contribution >= 4 is 5.97 Å². The lowest BCUT2D eigenvalue weighted by Crippen LogP contribution is -2.09. The van der Waals surface area contributed by atoms with E-state index in [1.54, 1.807) is 6.07 Å². The van der Waals surface area contributed by atoms with Gasteiger partial charge in [0.05, 0.1) is 27.9 Å². The monoisotopic (exact) mass is 424 g/mol. The summed E-state index contributed by atoms with van der Waals surface area (Å²) >= 11 is 0. The number of carbonyl (C=O) groups excluding carboxylic acids is 1. The minimum absolute atomic E-state index is 0.227. The van der Waals surface area contributed by atoms with E-state index in [4.69, 9.17) is 24.0 Å². The van der Waals surface area contributed by atoms with Crippen LogP contribution in [-0.2, 0) is 9.78 Å². The first kappa shape index (κ1) is 26.1. The molecule has 6 heteroatoms. The van der Waals surface area contributed by atoms with Gasteiger partial charge < -0.3 is 14.2 Å². The molecule has 0 atom stereocenters. The second kappa shape index (κ2) is 16.8. The molecular formula is C24H40O6. The molecule has 30 heavy (non-hydrogen) atoms. The number of rotatable bonds is 18. The molecule has 172 valence electrons. The Balaban J connectivity index is 2.14. The Morgan fingerprint density at radius 2 is 1.13 bits per heavy atom. The van der Waals surface area contributed by atoms with Gasteiger partial charge in [-0.2, -0.15) is 4.89 Å². The molecule has 0 fully saturated rings. The predicted octanol–water partition coefficient (Wildman–Crippen LogP) is 6.50. The second-order valence-corrected chi connectivity index (χ2v) is 7.49. The van der Waals surface area contributed by atoms with Crippen LogP contribution in [0.4, 0.5) is 0 Å². The smallest absolute Gasteiger partial charge is 0.376 e. The molecule has 0 saturated carbocycles. The summed E-state index contributed by atoms with van der Waals surface area (Å²) in [7, 11) is 4.50. The summed E-state index contributed by atoms with van der Waals surface area (Å²) in [6, 6.07) is 3.10. The van der Waals surface area contributed by atoms with Gasteiger partial charge in [-0.1, -0.05) is 77.6 Å². The molecule has 0 unspecified atom stereocenters. The maximum absolute atomic E-state index is 12.3. The first-order valence-electron chi connectivity index (χ1n) is 11.3. The molecule has 0 spiro atoms. The molecule has 0 heterocycles. The van der Waals surface area contributed by atoms with Crippen molar-refractivity contribution in [2.24, 2.45) is 0 Å². The second-order valence-electron chi connectivity index (χ2n) is 7.49. The van der Waals surface area contributed by atoms with Gasteiger partial charge in [-0.25, -0.2) is 4.79 Å². The fourth-order valence-corrected chi connectivity index (χ4v) is 3.33. The number of hydrogen-bond donors (Lipinski definition) is 0. The summed E-state index contributed by atoms with van der Waals surface area (Å²) in [5.41, 5.74) is 0.227. The summed E-state index contributed by atoms with van der Waals surface area (Å²) in [6.07, 6.45) is 15.3. The van der Waals surface area contributed by atoms with Crippen LogP contribution in [0.3, 0.4) is 0 Å². The predicted molar refractivity (Wildman–Crippen MR) is 119 cm³/mol. The average Bonchev–Trinajstić information content (AvgIpc) is 2.78. The van der Waals surface area contributed by atoms with Crippen molar-refractivity contribution < 1.29 is 28.8 Å². The molecular weight excluding hydrogens is 384 g/mol. The molecule has 0 aliphatic heterocycles. The number of methoxy groups -OCH3 is 3. The number of benzene rings is 1. The summed E-state index contributed by atoms with van der Waals surface area (Å²) in [6.45, 7) is 2.64. The molecule has 0 aromatic heterocycles. The van der Waals surface area contributed by atoms with Gasteiger partial charge in [0.25, 0.3) is 0 Å². The lowest BCUT2D eigenvalue weighted by atomic mass is 10.1. The van der Waals surface area contributed by atoms with E-state index in [0.717, 1.165) is 12.8 Å². The maximum Gasteiger partial charge on any atom is 0.376 e. The molecule has 0 radical (unpaired) electrons. The van der Waals surface area contributed by atoms with Gasteiger partial charge in [-0.05, 0) is 6.42 Å². The molecule has 1 aromatic rings. The Labute approximate surface area is 182 Å². The lowest BCUT2D eigenvalue weighted by Gasteiger charge is -2.13. The topological polar surface area (TPSA) is 63.2 Å². The molecule has 0 bridgehead atoms. The fraction of sp³-hybridized carbons (Fsp3) is 0.708. The number of ether oxygens (including phenoxy) is 3. The van der Waals surface area contributed by atoms with Crippen LogP contribution in [0.15, 0.2) is 12.1 Å². The fourth-order valence-electron chi connectivity index (χ4n) is 3.33. The molecule has 1 rings (SSSR count). The molecule has 0 aliphatic rings. The largest absolute Gasteiger partial charge is 0.496 e. The third-order valence-corrected chi connectivity index (χ3v) is 5.14. The highest BCUT2D eigenvalue weighted by Gasteiger charge is 2.19. The first-order chi connectivity index (χ1) is 14.7. The normalized spacial score (nSPS) is 10.7. The van der Waals surface area contributed by atoms with E-state index in [-0.39, 0.29) is 5.56 Å². The van der Waals surface area contributed by atoms with Crippen molar-refractivity contribution in [3.8, 4) is 17.2 Å². The molecule has 0 amide bonds. The quantitative estimate of drug-likeness (QED) is 0.152. The van der Waals surface area contributed by atoms with Crippen LogP contribution in [-0.4, -0.2) is 33.9 Å². The highest BCUT2D eigenvalue weighted by molar-refractivity contribution is 5.93. The van der Waals surface area contributed by atoms with Gasteiger partial charge in [0.1, 0.15) is 11.3 Å².